The first-order chi connectivity index (χ1) is 10.8. The lowest BCUT2D eigenvalue weighted by molar-refractivity contribution is -0.0504. The Balaban J connectivity index is 1.49. The molecule has 1 aliphatic rings. The van der Waals surface area contributed by atoms with E-state index in [2.05, 4.69) is 22.0 Å². The lowest BCUT2D eigenvalue weighted by Crippen LogP contribution is -2.44. The number of ether oxygens (including phenoxy) is 2. The average Bonchev–Trinajstić information content (AvgIpc) is 2.57. The Morgan fingerprint density at radius 3 is 2.91 bits per heavy atom. The molecule has 1 aliphatic heterocycles. The number of halogens is 1. The van der Waals surface area contributed by atoms with Crippen LogP contribution in [-0.2, 0) is 11.3 Å². The van der Waals surface area contributed by atoms with E-state index in [4.69, 9.17) is 21.1 Å². The van der Waals surface area contributed by atoms with Gasteiger partial charge in [-0.25, -0.2) is 0 Å². The van der Waals surface area contributed by atoms with Crippen LogP contribution in [0.4, 0.5) is 0 Å². The third-order valence-corrected chi connectivity index (χ3v) is 3.86. The second-order valence-electron chi connectivity index (χ2n) is 5.35. The molecule has 0 radical (unpaired) electrons. The Labute approximate surface area is 135 Å². The Kier molecular flexibility index (Phi) is 5.27. The molecule has 0 amide bonds. The van der Waals surface area contributed by atoms with Gasteiger partial charge in [-0.2, -0.15) is 0 Å². The average molecular weight is 319 g/mol. The smallest absolute Gasteiger partial charge is 0.137 e. The van der Waals surface area contributed by atoms with E-state index in [1.807, 2.05) is 24.3 Å². The minimum atomic E-state index is 0.0845. The highest BCUT2D eigenvalue weighted by Crippen LogP contribution is 2.15. The van der Waals surface area contributed by atoms with Crippen molar-refractivity contribution in [1.29, 1.82) is 0 Å². The van der Waals surface area contributed by atoms with E-state index in [9.17, 15) is 0 Å². The second kappa shape index (κ2) is 7.58. The van der Waals surface area contributed by atoms with E-state index in [0.29, 0.717) is 6.61 Å². The van der Waals surface area contributed by atoms with Crippen LogP contribution >= 0.6 is 11.6 Å². The standard InChI is InChI=1S/C17H19ClN2O2/c18-15-5-3-14(4-6-15)11-20-8-9-21-17(12-20)13-22-16-2-1-7-19-10-16/h1-7,10,17H,8-9,11-13H2/t17-/m0/s1. The number of pyridine rings is 1. The van der Waals surface area contributed by atoms with Crippen LogP contribution in [0.3, 0.4) is 0 Å². The Bertz CT molecular complexity index is 577. The summed E-state index contributed by atoms with van der Waals surface area (Å²) < 4.78 is 11.5. The van der Waals surface area contributed by atoms with E-state index in [1.54, 1.807) is 12.4 Å². The maximum atomic E-state index is 5.92. The number of nitrogens with zero attached hydrogens (tertiary/aromatic N) is 2. The molecule has 1 fully saturated rings. The number of rotatable bonds is 5. The molecule has 0 unspecified atom stereocenters. The number of hydrogen-bond acceptors (Lipinski definition) is 4. The van der Waals surface area contributed by atoms with Gasteiger partial charge < -0.3 is 9.47 Å². The van der Waals surface area contributed by atoms with E-state index in [1.165, 1.54) is 5.56 Å². The summed E-state index contributed by atoms with van der Waals surface area (Å²) in [5.74, 6) is 0.779. The van der Waals surface area contributed by atoms with Gasteiger partial charge in [0.2, 0.25) is 0 Å². The second-order valence-corrected chi connectivity index (χ2v) is 5.79. The molecule has 0 saturated carbocycles. The predicted molar refractivity (Wildman–Crippen MR) is 86.2 cm³/mol. The van der Waals surface area contributed by atoms with Crippen LogP contribution in [0.2, 0.25) is 5.02 Å². The summed E-state index contributed by atoms with van der Waals surface area (Å²) in [6.07, 6.45) is 3.54. The number of aromatic nitrogens is 1. The molecule has 0 spiro atoms. The summed E-state index contributed by atoms with van der Waals surface area (Å²) in [4.78, 5) is 6.42. The zero-order valence-corrected chi connectivity index (χ0v) is 13.1. The molecular weight excluding hydrogens is 300 g/mol. The molecule has 116 valence electrons. The molecule has 4 nitrogen and oxygen atoms in total. The number of hydrogen-bond donors (Lipinski definition) is 0. The maximum absolute atomic E-state index is 5.92. The molecular formula is C17H19ClN2O2. The van der Waals surface area contributed by atoms with Crippen LogP contribution in [0.1, 0.15) is 5.56 Å². The van der Waals surface area contributed by atoms with Crippen LogP contribution < -0.4 is 4.74 Å². The molecule has 3 rings (SSSR count). The summed E-state index contributed by atoms with van der Waals surface area (Å²) in [6.45, 7) is 3.98. The molecule has 1 atom stereocenters. The predicted octanol–water partition coefficient (Wildman–Crippen LogP) is 3.01. The fourth-order valence-corrected chi connectivity index (χ4v) is 2.62. The third-order valence-electron chi connectivity index (χ3n) is 3.61. The molecule has 0 bridgehead atoms. The zero-order chi connectivity index (χ0) is 15.2. The molecule has 0 aliphatic carbocycles. The van der Waals surface area contributed by atoms with Crippen molar-refractivity contribution in [2.75, 3.05) is 26.3 Å². The minimum absolute atomic E-state index is 0.0845. The van der Waals surface area contributed by atoms with Gasteiger partial charge in [0.25, 0.3) is 0 Å². The first kappa shape index (κ1) is 15.3. The van der Waals surface area contributed by atoms with Crippen molar-refractivity contribution >= 4 is 11.6 Å². The topological polar surface area (TPSA) is 34.6 Å². The molecule has 2 heterocycles. The number of benzene rings is 1. The molecule has 1 aromatic carbocycles. The highest BCUT2D eigenvalue weighted by molar-refractivity contribution is 6.30. The summed E-state index contributed by atoms with van der Waals surface area (Å²) in [5.41, 5.74) is 1.26. The van der Waals surface area contributed by atoms with E-state index < -0.39 is 0 Å². The summed E-state index contributed by atoms with van der Waals surface area (Å²) in [5, 5.41) is 0.772. The van der Waals surface area contributed by atoms with Gasteiger partial charge in [-0.3, -0.25) is 9.88 Å². The Hall–Kier alpha value is -1.62. The van der Waals surface area contributed by atoms with Crippen LogP contribution in [0.5, 0.6) is 5.75 Å². The minimum Gasteiger partial charge on any atom is -0.489 e. The van der Waals surface area contributed by atoms with Crippen LogP contribution in [-0.4, -0.2) is 42.3 Å². The molecule has 0 N–H and O–H groups in total. The van der Waals surface area contributed by atoms with Crippen molar-refractivity contribution in [3.8, 4) is 5.75 Å². The van der Waals surface area contributed by atoms with Gasteiger partial charge in [0.1, 0.15) is 18.5 Å². The fraction of sp³-hybridized carbons (Fsp3) is 0.353. The van der Waals surface area contributed by atoms with Gasteiger partial charge in [0.05, 0.1) is 12.8 Å². The summed E-state index contributed by atoms with van der Waals surface area (Å²) in [6, 6.07) is 11.8. The largest absolute Gasteiger partial charge is 0.489 e. The first-order valence-electron chi connectivity index (χ1n) is 7.41. The van der Waals surface area contributed by atoms with Gasteiger partial charge in [-0.15, -0.1) is 0 Å². The summed E-state index contributed by atoms with van der Waals surface area (Å²) in [7, 11) is 0. The molecule has 1 aromatic heterocycles. The van der Waals surface area contributed by atoms with E-state index in [-0.39, 0.29) is 6.10 Å². The third kappa shape index (κ3) is 4.44. The molecule has 1 saturated heterocycles. The van der Waals surface area contributed by atoms with Crippen LogP contribution in [0.15, 0.2) is 48.8 Å². The van der Waals surface area contributed by atoms with Crippen molar-refractivity contribution < 1.29 is 9.47 Å². The van der Waals surface area contributed by atoms with Crippen molar-refractivity contribution in [2.24, 2.45) is 0 Å². The molecule has 2 aromatic rings. The van der Waals surface area contributed by atoms with Crippen LogP contribution in [0, 0.1) is 0 Å². The van der Waals surface area contributed by atoms with Crippen molar-refractivity contribution in [3.63, 3.8) is 0 Å². The Morgan fingerprint density at radius 1 is 1.27 bits per heavy atom. The fourth-order valence-electron chi connectivity index (χ4n) is 2.49. The lowest BCUT2D eigenvalue weighted by atomic mass is 10.2. The molecule has 5 heteroatoms. The van der Waals surface area contributed by atoms with E-state index in [0.717, 1.165) is 37.0 Å². The van der Waals surface area contributed by atoms with Gasteiger partial charge in [0, 0.05) is 30.9 Å². The van der Waals surface area contributed by atoms with Gasteiger partial charge in [-0.1, -0.05) is 23.7 Å². The monoisotopic (exact) mass is 318 g/mol. The maximum Gasteiger partial charge on any atom is 0.137 e. The highest BCUT2D eigenvalue weighted by atomic mass is 35.5. The number of morpholine rings is 1. The zero-order valence-electron chi connectivity index (χ0n) is 12.3. The van der Waals surface area contributed by atoms with Gasteiger partial charge in [-0.05, 0) is 29.8 Å². The van der Waals surface area contributed by atoms with E-state index >= 15 is 0 Å². The van der Waals surface area contributed by atoms with Gasteiger partial charge >= 0.3 is 0 Å². The quantitative estimate of drug-likeness (QED) is 0.849. The lowest BCUT2D eigenvalue weighted by Gasteiger charge is -2.32. The van der Waals surface area contributed by atoms with Gasteiger partial charge in [0.15, 0.2) is 0 Å². The normalized spacial score (nSPS) is 19.0. The van der Waals surface area contributed by atoms with Crippen LogP contribution in [0.25, 0.3) is 0 Å². The molecule has 22 heavy (non-hydrogen) atoms. The van der Waals surface area contributed by atoms with Crippen molar-refractivity contribution in [2.45, 2.75) is 12.6 Å². The summed E-state index contributed by atoms with van der Waals surface area (Å²) >= 11 is 5.92. The highest BCUT2D eigenvalue weighted by Gasteiger charge is 2.21. The first-order valence-corrected chi connectivity index (χ1v) is 7.78. The van der Waals surface area contributed by atoms with Crippen molar-refractivity contribution in [3.05, 3.63) is 59.4 Å². The SMILES string of the molecule is Clc1ccc(CN2CCO[C@H](COc3cccnc3)C2)cc1. The van der Waals surface area contributed by atoms with Crippen molar-refractivity contribution in [1.82, 2.24) is 9.88 Å². The Morgan fingerprint density at radius 2 is 2.14 bits per heavy atom.